The molecule has 3 nitrogen and oxygen atoms in total. The number of hydrogen-bond donors (Lipinski definition) is 0. The Labute approximate surface area is 158 Å². The lowest BCUT2D eigenvalue weighted by Crippen LogP contribution is -2.09. The fourth-order valence-electron chi connectivity index (χ4n) is 3.06. The van der Waals surface area contributed by atoms with Crippen molar-refractivity contribution >= 4 is 0 Å². The summed E-state index contributed by atoms with van der Waals surface area (Å²) in [6.07, 6.45) is 6.35. The van der Waals surface area contributed by atoms with E-state index in [-0.39, 0.29) is 12.2 Å². The number of aromatic nitrogens is 1. The predicted octanol–water partition coefficient (Wildman–Crippen LogP) is 6.50. The van der Waals surface area contributed by atoms with Gasteiger partial charge in [-0.25, -0.2) is 0 Å². The van der Waals surface area contributed by atoms with E-state index in [1.165, 1.54) is 11.1 Å². The van der Waals surface area contributed by atoms with E-state index in [0.29, 0.717) is 0 Å². The van der Waals surface area contributed by atoms with Gasteiger partial charge in [-0.1, -0.05) is 51.0 Å². The second-order valence-corrected chi connectivity index (χ2v) is 6.76. The molecule has 0 radical (unpaired) electrons. The van der Waals surface area contributed by atoms with Crippen molar-refractivity contribution in [2.75, 3.05) is 13.2 Å². The Balaban J connectivity index is 2.36. The molecular formula is C23H33NO2. The van der Waals surface area contributed by atoms with Crippen LogP contribution in [-0.4, -0.2) is 18.2 Å². The molecule has 0 N–H and O–H groups in total. The average molecular weight is 356 g/mol. The number of hydrogen-bond acceptors (Lipinski definition) is 3. The van der Waals surface area contributed by atoms with Crippen LogP contribution in [0.2, 0.25) is 0 Å². The Morgan fingerprint density at radius 3 is 1.85 bits per heavy atom. The lowest BCUT2D eigenvalue weighted by atomic mass is 9.92. The molecule has 0 saturated carbocycles. The summed E-state index contributed by atoms with van der Waals surface area (Å²) < 4.78 is 12.2. The molecule has 1 heterocycles. The highest BCUT2D eigenvalue weighted by atomic mass is 16.5. The molecule has 1 aromatic heterocycles. The third kappa shape index (κ3) is 5.65. The van der Waals surface area contributed by atoms with Gasteiger partial charge < -0.3 is 9.47 Å². The zero-order valence-electron chi connectivity index (χ0n) is 16.7. The lowest BCUT2D eigenvalue weighted by Gasteiger charge is -2.23. The summed E-state index contributed by atoms with van der Waals surface area (Å²) in [5.74, 6) is 0. The SMILES string of the molecule is CCCCOC(C)c1cccc(C(C)OCCCC)c1-c1ccccn1. The highest BCUT2D eigenvalue weighted by Gasteiger charge is 2.20. The van der Waals surface area contributed by atoms with Crippen molar-refractivity contribution < 1.29 is 9.47 Å². The first-order valence-corrected chi connectivity index (χ1v) is 9.96. The average Bonchev–Trinajstić information content (AvgIpc) is 2.68. The van der Waals surface area contributed by atoms with Gasteiger partial charge in [-0.3, -0.25) is 4.98 Å². The third-order valence-corrected chi connectivity index (χ3v) is 4.66. The van der Waals surface area contributed by atoms with Crippen LogP contribution in [0.25, 0.3) is 11.3 Å². The van der Waals surface area contributed by atoms with Crippen LogP contribution in [0, 0.1) is 0 Å². The number of nitrogens with zero attached hydrogens (tertiary/aromatic N) is 1. The smallest absolute Gasteiger partial charge is 0.0803 e. The van der Waals surface area contributed by atoms with Crippen LogP contribution >= 0.6 is 0 Å². The summed E-state index contributed by atoms with van der Waals surface area (Å²) in [5.41, 5.74) is 4.50. The summed E-state index contributed by atoms with van der Waals surface area (Å²) in [4.78, 5) is 4.62. The van der Waals surface area contributed by atoms with E-state index >= 15 is 0 Å². The summed E-state index contributed by atoms with van der Waals surface area (Å²) in [7, 11) is 0. The lowest BCUT2D eigenvalue weighted by molar-refractivity contribution is 0.0601. The summed E-state index contributed by atoms with van der Waals surface area (Å²) in [5, 5.41) is 0. The highest BCUT2D eigenvalue weighted by Crippen LogP contribution is 2.36. The molecule has 0 spiro atoms. The standard InChI is InChI=1S/C23H33NO2/c1-5-7-16-25-18(3)20-12-11-13-21(19(4)26-17-8-6-2)23(20)22-14-9-10-15-24-22/h9-15,18-19H,5-8,16-17H2,1-4H3. The van der Waals surface area contributed by atoms with Crippen LogP contribution in [-0.2, 0) is 9.47 Å². The van der Waals surface area contributed by atoms with Crippen LogP contribution in [0.1, 0.15) is 76.7 Å². The van der Waals surface area contributed by atoms with Gasteiger partial charge in [0.15, 0.2) is 0 Å². The van der Waals surface area contributed by atoms with Crippen molar-refractivity contribution in [1.29, 1.82) is 0 Å². The normalized spacial score (nSPS) is 13.5. The van der Waals surface area contributed by atoms with Crippen molar-refractivity contribution in [2.24, 2.45) is 0 Å². The molecule has 0 aliphatic rings. The minimum atomic E-state index is 0.0290. The van der Waals surface area contributed by atoms with Crippen LogP contribution in [0.5, 0.6) is 0 Å². The van der Waals surface area contributed by atoms with Crippen molar-refractivity contribution in [1.82, 2.24) is 4.98 Å². The van der Waals surface area contributed by atoms with Gasteiger partial charge in [0.05, 0.1) is 17.9 Å². The van der Waals surface area contributed by atoms with Crippen LogP contribution < -0.4 is 0 Å². The zero-order valence-corrected chi connectivity index (χ0v) is 16.7. The fourth-order valence-corrected chi connectivity index (χ4v) is 3.06. The molecule has 26 heavy (non-hydrogen) atoms. The van der Waals surface area contributed by atoms with Gasteiger partial charge in [-0.05, 0) is 49.9 Å². The van der Waals surface area contributed by atoms with Crippen molar-refractivity contribution in [3.8, 4) is 11.3 Å². The van der Waals surface area contributed by atoms with Crippen LogP contribution in [0.3, 0.4) is 0 Å². The minimum absolute atomic E-state index is 0.0290. The molecule has 3 heteroatoms. The van der Waals surface area contributed by atoms with Gasteiger partial charge in [0, 0.05) is 25.0 Å². The molecule has 0 bridgehead atoms. The fraction of sp³-hybridized carbons (Fsp3) is 0.522. The van der Waals surface area contributed by atoms with Gasteiger partial charge in [-0.2, -0.15) is 0 Å². The van der Waals surface area contributed by atoms with Crippen LogP contribution in [0.15, 0.2) is 42.6 Å². The van der Waals surface area contributed by atoms with E-state index in [2.05, 4.69) is 56.9 Å². The molecule has 142 valence electrons. The minimum Gasteiger partial charge on any atom is -0.374 e. The number of unbranched alkanes of at least 4 members (excludes halogenated alkanes) is 2. The molecule has 2 rings (SSSR count). The summed E-state index contributed by atoms with van der Waals surface area (Å²) in [6, 6.07) is 12.5. The number of ether oxygens (including phenoxy) is 2. The quantitative estimate of drug-likeness (QED) is 0.431. The Hall–Kier alpha value is -1.71. The van der Waals surface area contributed by atoms with Gasteiger partial charge in [0.1, 0.15) is 0 Å². The van der Waals surface area contributed by atoms with E-state index in [4.69, 9.17) is 9.47 Å². The summed E-state index contributed by atoms with van der Waals surface area (Å²) >= 11 is 0. The van der Waals surface area contributed by atoms with Crippen molar-refractivity contribution in [2.45, 2.75) is 65.6 Å². The van der Waals surface area contributed by atoms with Gasteiger partial charge in [0.25, 0.3) is 0 Å². The van der Waals surface area contributed by atoms with Crippen molar-refractivity contribution in [3.63, 3.8) is 0 Å². The molecule has 2 atom stereocenters. The molecule has 0 aliphatic carbocycles. The monoisotopic (exact) mass is 355 g/mol. The Morgan fingerprint density at radius 2 is 1.38 bits per heavy atom. The van der Waals surface area contributed by atoms with Crippen LogP contribution in [0.4, 0.5) is 0 Å². The Kier molecular flexibility index (Phi) is 8.79. The molecule has 2 aromatic rings. The van der Waals surface area contributed by atoms with E-state index in [9.17, 15) is 0 Å². The molecule has 2 unspecified atom stereocenters. The van der Waals surface area contributed by atoms with E-state index in [0.717, 1.165) is 50.2 Å². The van der Waals surface area contributed by atoms with Gasteiger partial charge in [-0.15, -0.1) is 0 Å². The van der Waals surface area contributed by atoms with Gasteiger partial charge in [0.2, 0.25) is 0 Å². The molecule has 0 saturated heterocycles. The van der Waals surface area contributed by atoms with E-state index in [1.54, 1.807) is 0 Å². The van der Waals surface area contributed by atoms with Crippen molar-refractivity contribution in [3.05, 3.63) is 53.7 Å². The maximum absolute atomic E-state index is 6.10. The maximum atomic E-state index is 6.10. The molecule has 1 aromatic carbocycles. The molecule has 0 aliphatic heterocycles. The zero-order chi connectivity index (χ0) is 18.8. The Bertz CT molecular complexity index is 608. The van der Waals surface area contributed by atoms with E-state index in [1.807, 2.05) is 18.3 Å². The first kappa shape index (κ1) is 20.6. The molecule has 0 fully saturated rings. The summed E-state index contributed by atoms with van der Waals surface area (Å²) in [6.45, 7) is 10.2. The maximum Gasteiger partial charge on any atom is 0.0803 e. The Morgan fingerprint density at radius 1 is 0.808 bits per heavy atom. The highest BCUT2D eigenvalue weighted by molar-refractivity contribution is 5.69. The number of benzene rings is 1. The second kappa shape index (κ2) is 11.1. The third-order valence-electron chi connectivity index (χ3n) is 4.66. The van der Waals surface area contributed by atoms with E-state index < -0.39 is 0 Å². The predicted molar refractivity (Wildman–Crippen MR) is 108 cm³/mol. The molecule has 0 amide bonds. The second-order valence-electron chi connectivity index (χ2n) is 6.76. The first-order chi connectivity index (χ1) is 12.7. The first-order valence-electron chi connectivity index (χ1n) is 9.96. The largest absolute Gasteiger partial charge is 0.374 e. The number of pyridine rings is 1. The molecular weight excluding hydrogens is 322 g/mol. The van der Waals surface area contributed by atoms with Gasteiger partial charge >= 0.3 is 0 Å². The topological polar surface area (TPSA) is 31.4 Å². The number of rotatable bonds is 11.